The maximum absolute atomic E-state index is 12.1. The number of carbonyl (C=O) groups excluding carboxylic acids is 1. The average Bonchev–Trinajstić information content (AvgIpc) is 3.61. The van der Waals surface area contributed by atoms with E-state index in [1.807, 2.05) is 30.1 Å². The molecule has 1 amide bonds. The van der Waals surface area contributed by atoms with Gasteiger partial charge in [0, 0.05) is 38.1 Å². The minimum atomic E-state index is -0.0105. The van der Waals surface area contributed by atoms with Crippen LogP contribution < -0.4 is 15.0 Å². The smallest absolute Gasteiger partial charge is 0.246 e. The molecular weight excluding hydrogens is 480 g/mol. The highest BCUT2D eigenvalue weighted by Crippen LogP contribution is 2.36. The van der Waals surface area contributed by atoms with E-state index in [1.54, 1.807) is 29.1 Å². The standard InChI is InChI=1S/C25H23ClN8O2/c1-3-23(35)34-13-16-11-17(34)12-33(16)21-7-5-19-24(30-21)25(28-14-27-19)29-15-4-6-20(18(26)10-15)36-22-8-9-32(2)31-22/h3-10,14,16-17H,1,11-13H2,2H3,(H,27,28,29)/t16-,17-/m0/s1. The number of fused-ring (bicyclic) bond motifs is 3. The number of benzene rings is 1. The molecule has 2 atom stereocenters. The zero-order chi connectivity index (χ0) is 24.8. The van der Waals surface area contributed by atoms with Gasteiger partial charge in [0.25, 0.3) is 0 Å². The lowest BCUT2D eigenvalue weighted by Gasteiger charge is -2.34. The average molecular weight is 503 g/mol. The van der Waals surface area contributed by atoms with E-state index in [4.69, 9.17) is 21.3 Å². The van der Waals surface area contributed by atoms with E-state index in [-0.39, 0.29) is 18.0 Å². The zero-order valence-electron chi connectivity index (χ0n) is 19.5. The molecular formula is C25H23ClN8O2. The first-order chi connectivity index (χ1) is 17.5. The van der Waals surface area contributed by atoms with Gasteiger partial charge in [-0.2, -0.15) is 0 Å². The monoisotopic (exact) mass is 502 g/mol. The molecule has 10 nitrogen and oxygen atoms in total. The molecule has 2 aliphatic heterocycles. The summed E-state index contributed by atoms with van der Waals surface area (Å²) in [7, 11) is 1.82. The summed E-state index contributed by atoms with van der Waals surface area (Å²) in [6.45, 7) is 5.04. The van der Waals surface area contributed by atoms with Gasteiger partial charge >= 0.3 is 0 Å². The number of halogens is 1. The van der Waals surface area contributed by atoms with Crippen LogP contribution in [0.1, 0.15) is 6.42 Å². The second-order valence-electron chi connectivity index (χ2n) is 8.85. The first kappa shape index (κ1) is 22.3. The number of aromatic nitrogens is 5. The van der Waals surface area contributed by atoms with Crippen LogP contribution in [0.3, 0.4) is 0 Å². The number of anilines is 3. The van der Waals surface area contributed by atoms with Gasteiger partial charge in [-0.25, -0.2) is 15.0 Å². The van der Waals surface area contributed by atoms with Crippen LogP contribution in [0.25, 0.3) is 11.0 Å². The Hall–Kier alpha value is -4.18. The maximum atomic E-state index is 12.1. The number of nitrogens with one attached hydrogen (secondary N) is 1. The number of amides is 1. The Morgan fingerprint density at radius 1 is 1.19 bits per heavy atom. The first-order valence-electron chi connectivity index (χ1n) is 11.5. The molecule has 6 rings (SSSR count). The molecule has 36 heavy (non-hydrogen) atoms. The molecule has 1 N–H and O–H groups in total. The van der Waals surface area contributed by atoms with Crippen LogP contribution in [-0.2, 0) is 11.8 Å². The van der Waals surface area contributed by atoms with Crippen molar-refractivity contribution in [2.24, 2.45) is 7.05 Å². The van der Waals surface area contributed by atoms with Crippen LogP contribution in [0, 0.1) is 0 Å². The van der Waals surface area contributed by atoms with Crippen molar-refractivity contribution in [3.63, 3.8) is 0 Å². The summed E-state index contributed by atoms with van der Waals surface area (Å²) >= 11 is 6.47. The fraction of sp³-hybridized carbons (Fsp3) is 0.240. The summed E-state index contributed by atoms with van der Waals surface area (Å²) < 4.78 is 7.42. The molecule has 3 aromatic heterocycles. The van der Waals surface area contributed by atoms with E-state index >= 15 is 0 Å². The third kappa shape index (κ3) is 3.99. The Balaban J connectivity index is 1.24. The van der Waals surface area contributed by atoms with Gasteiger partial charge in [0.05, 0.1) is 22.6 Å². The van der Waals surface area contributed by atoms with Crippen molar-refractivity contribution >= 4 is 45.9 Å². The summed E-state index contributed by atoms with van der Waals surface area (Å²) in [5.74, 6) is 2.37. The van der Waals surface area contributed by atoms with Crippen molar-refractivity contribution in [2.75, 3.05) is 23.3 Å². The highest BCUT2D eigenvalue weighted by atomic mass is 35.5. The molecule has 0 spiro atoms. The Bertz CT molecular complexity index is 1490. The predicted octanol–water partition coefficient (Wildman–Crippen LogP) is 3.92. The van der Waals surface area contributed by atoms with Crippen molar-refractivity contribution in [1.82, 2.24) is 29.6 Å². The van der Waals surface area contributed by atoms with E-state index in [2.05, 4.69) is 31.9 Å². The number of hydrogen-bond donors (Lipinski definition) is 1. The number of likely N-dealkylation sites (tertiary alicyclic amines) is 1. The van der Waals surface area contributed by atoms with Crippen molar-refractivity contribution in [3.8, 4) is 11.6 Å². The summed E-state index contributed by atoms with van der Waals surface area (Å²) in [6, 6.07) is 11.5. The molecule has 4 aromatic rings. The second-order valence-corrected chi connectivity index (χ2v) is 9.26. The van der Waals surface area contributed by atoms with Gasteiger partial charge in [0.2, 0.25) is 11.8 Å². The van der Waals surface area contributed by atoms with E-state index in [9.17, 15) is 4.79 Å². The van der Waals surface area contributed by atoms with Crippen molar-refractivity contribution in [2.45, 2.75) is 18.5 Å². The van der Waals surface area contributed by atoms with Gasteiger partial charge in [-0.15, -0.1) is 5.10 Å². The molecule has 2 fully saturated rings. The number of rotatable bonds is 6. The quantitative estimate of drug-likeness (QED) is 0.396. The number of nitrogens with zero attached hydrogens (tertiary/aromatic N) is 7. The SMILES string of the molecule is C=CC(=O)N1C[C@@H]2C[C@H]1CN2c1ccc2ncnc(Nc3ccc(Oc4ccn(C)n4)c(Cl)c3)c2n1. The Morgan fingerprint density at radius 3 is 2.81 bits per heavy atom. The fourth-order valence-corrected chi connectivity index (χ4v) is 5.09. The van der Waals surface area contributed by atoms with Crippen LogP contribution in [0.4, 0.5) is 17.3 Å². The molecule has 182 valence electrons. The van der Waals surface area contributed by atoms with E-state index in [0.717, 1.165) is 30.0 Å². The van der Waals surface area contributed by atoms with Crippen LogP contribution in [-0.4, -0.2) is 60.7 Å². The summed E-state index contributed by atoms with van der Waals surface area (Å²) in [4.78, 5) is 30.0. The third-order valence-electron chi connectivity index (χ3n) is 6.56. The molecule has 2 aliphatic rings. The number of piperazine rings is 1. The van der Waals surface area contributed by atoms with Crippen LogP contribution >= 0.6 is 11.6 Å². The minimum Gasteiger partial charge on any atom is -0.436 e. The van der Waals surface area contributed by atoms with Gasteiger partial charge in [-0.05, 0) is 42.8 Å². The highest BCUT2D eigenvalue weighted by Gasteiger charge is 2.45. The number of pyridine rings is 1. The zero-order valence-corrected chi connectivity index (χ0v) is 20.3. The predicted molar refractivity (Wildman–Crippen MR) is 137 cm³/mol. The van der Waals surface area contributed by atoms with Gasteiger partial charge in [-0.3, -0.25) is 9.48 Å². The van der Waals surface area contributed by atoms with Crippen LogP contribution in [0.2, 0.25) is 5.02 Å². The summed E-state index contributed by atoms with van der Waals surface area (Å²) in [5.41, 5.74) is 2.12. The second kappa shape index (κ2) is 8.80. The first-order valence-corrected chi connectivity index (χ1v) is 11.9. The maximum Gasteiger partial charge on any atom is 0.246 e. The van der Waals surface area contributed by atoms with E-state index in [0.29, 0.717) is 34.5 Å². The molecule has 0 unspecified atom stereocenters. The van der Waals surface area contributed by atoms with Gasteiger partial charge in [0.15, 0.2) is 5.82 Å². The summed E-state index contributed by atoms with van der Waals surface area (Å²) in [5, 5.41) is 7.95. The van der Waals surface area contributed by atoms with Gasteiger partial charge < -0.3 is 19.9 Å². The molecule has 1 aromatic carbocycles. The Labute approximate surface area is 212 Å². The Kier molecular flexibility index (Phi) is 5.45. The minimum absolute atomic E-state index is 0.0105. The molecule has 0 radical (unpaired) electrons. The van der Waals surface area contributed by atoms with Crippen molar-refractivity contribution in [1.29, 1.82) is 0 Å². The number of ether oxygens (including phenoxy) is 1. The Morgan fingerprint density at radius 2 is 2.08 bits per heavy atom. The van der Waals surface area contributed by atoms with Crippen LogP contribution in [0.15, 0.2) is 61.6 Å². The topological polar surface area (TPSA) is 101 Å². The third-order valence-corrected chi connectivity index (χ3v) is 6.85. The number of aryl methyl sites for hydroxylation is 1. The van der Waals surface area contributed by atoms with Crippen molar-refractivity contribution < 1.29 is 9.53 Å². The lowest BCUT2D eigenvalue weighted by molar-refractivity contribution is -0.127. The molecule has 2 saturated heterocycles. The molecule has 2 bridgehead atoms. The normalized spacial score (nSPS) is 18.6. The van der Waals surface area contributed by atoms with Crippen LogP contribution in [0.5, 0.6) is 11.6 Å². The van der Waals surface area contributed by atoms with Crippen molar-refractivity contribution in [3.05, 3.63) is 66.6 Å². The van der Waals surface area contributed by atoms with E-state index < -0.39 is 0 Å². The highest BCUT2D eigenvalue weighted by molar-refractivity contribution is 6.32. The van der Waals surface area contributed by atoms with Gasteiger partial charge in [-0.1, -0.05) is 18.2 Å². The number of hydrogen-bond acceptors (Lipinski definition) is 8. The largest absolute Gasteiger partial charge is 0.436 e. The number of carbonyl (C=O) groups is 1. The van der Waals surface area contributed by atoms with E-state index in [1.165, 1.54) is 12.4 Å². The lowest BCUT2D eigenvalue weighted by atomic mass is 10.2. The van der Waals surface area contributed by atoms with Gasteiger partial charge in [0.1, 0.15) is 23.4 Å². The summed E-state index contributed by atoms with van der Waals surface area (Å²) in [6.07, 6.45) is 5.62. The molecule has 11 heteroatoms. The lowest BCUT2D eigenvalue weighted by Crippen LogP contribution is -2.48. The molecule has 0 saturated carbocycles. The molecule has 0 aliphatic carbocycles. The fourth-order valence-electron chi connectivity index (χ4n) is 4.87. The molecule has 5 heterocycles.